The van der Waals surface area contributed by atoms with Crippen LogP contribution in [0.15, 0.2) is 17.3 Å². The van der Waals surface area contributed by atoms with Crippen LogP contribution in [0.5, 0.6) is 5.75 Å². The average molecular weight is 193 g/mol. The van der Waals surface area contributed by atoms with Crippen molar-refractivity contribution in [2.24, 2.45) is 0 Å². The minimum Gasteiger partial charge on any atom is -0.506 e. The van der Waals surface area contributed by atoms with E-state index < -0.39 is 0 Å². The molecule has 0 unspecified atom stereocenters. The van der Waals surface area contributed by atoms with Crippen molar-refractivity contribution >= 4 is 5.52 Å². The first kappa shape index (κ1) is 8.80. The Balaban J connectivity index is 2.94. The van der Waals surface area contributed by atoms with Gasteiger partial charge in [-0.15, -0.1) is 0 Å². The molecule has 2 aromatic heterocycles. The summed E-state index contributed by atoms with van der Waals surface area (Å²) in [6.45, 7) is 3.84. The van der Waals surface area contributed by atoms with Crippen LogP contribution >= 0.6 is 0 Å². The molecule has 0 atom stereocenters. The Morgan fingerprint density at radius 1 is 1.57 bits per heavy atom. The minimum atomic E-state index is -0.232. The predicted octanol–water partition coefficient (Wildman–Crippen LogP) is 0.852. The summed E-state index contributed by atoms with van der Waals surface area (Å²) in [7, 11) is 0. The highest BCUT2D eigenvalue weighted by molar-refractivity contribution is 5.60. The summed E-state index contributed by atoms with van der Waals surface area (Å²) in [4.78, 5) is 14.0. The van der Waals surface area contributed by atoms with Gasteiger partial charge < -0.3 is 10.1 Å². The molecule has 0 saturated carbocycles. The van der Waals surface area contributed by atoms with Crippen molar-refractivity contribution in [3.8, 4) is 5.75 Å². The smallest absolute Gasteiger partial charge is 0.275 e. The second-order valence-corrected chi connectivity index (χ2v) is 3.49. The van der Waals surface area contributed by atoms with E-state index in [4.69, 9.17) is 0 Å². The summed E-state index contributed by atoms with van der Waals surface area (Å²) >= 11 is 0. The molecule has 14 heavy (non-hydrogen) atoms. The van der Waals surface area contributed by atoms with Gasteiger partial charge in [0.15, 0.2) is 0 Å². The van der Waals surface area contributed by atoms with Crippen LogP contribution in [0, 0.1) is 0 Å². The van der Waals surface area contributed by atoms with E-state index in [-0.39, 0.29) is 17.2 Å². The van der Waals surface area contributed by atoms with Crippen LogP contribution in [0.2, 0.25) is 0 Å². The molecule has 2 aromatic rings. The predicted molar refractivity (Wildman–Crippen MR) is 51.6 cm³/mol. The number of aromatic amines is 1. The minimum absolute atomic E-state index is 0.0882. The summed E-state index contributed by atoms with van der Waals surface area (Å²) in [5.41, 5.74) is 0.823. The Labute approximate surface area is 80.0 Å². The molecule has 0 aliphatic rings. The van der Waals surface area contributed by atoms with Crippen molar-refractivity contribution in [1.82, 2.24) is 14.6 Å². The number of fused-ring (bicyclic) bond motifs is 1. The van der Waals surface area contributed by atoms with Crippen molar-refractivity contribution in [3.05, 3.63) is 28.4 Å². The third-order valence-electron chi connectivity index (χ3n) is 2.17. The zero-order chi connectivity index (χ0) is 10.3. The molecule has 2 N–H and O–H groups in total. The second kappa shape index (κ2) is 2.87. The Morgan fingerprint density at radius 2 is 2.29 bits per heavy atom. The van der Waals surface area contributed by atoms with Gasteiger partial charge in [0, 0.05) is 5.56 Å². The maximum Gasteiger partial charge on any atom is 0.275 e. The number of nitrogens with zero attached hydrogens (tertiary/aromatic N) is 2. The van der Waals surface area contributed by atoms with Crippen LogP contribution in [0.3, 0.4) is 0 Å². The van der Waals surface area contributed by atoms with Gasteiger partial charge in [0.05, 0.1) is 6.20 Å². The maximum absolute atomic E-state index is 11.5. The molecular formula is C9H11N3O2. The summed E-state index contributed by atoms with van der Waals surface area (Å²) < 4.78 is 1.39. The number of H-pyrrole nitrogens is 1. The van der Waals surface area contributed by atoms with Crippen LogP contribution in [0.1, 0.15) is 25.3 Å². The third kappa shape index (κ3) is 1.09. The van der Waals surface area contributed by atoms with Gasteiger partial charge >= 0.3 is 0 Å². The fourth-order valence-electron chi connectivity index (χ4n) is 1.60. The van der Waals surface area contributed by atoms with E-state index in [2.05, 4.69) is 10.1 Å². The largest absolute Gasteiger partial charge is 0.506 e. The van der Waals surface area contributed by atoms with Crippen molar-refractivity contribution in [2.45, 2.75) is 19.8 Å². The molecule has 0 bridgehead atoms. The Morgan fingerprint density at radius 3 is 2.93 bits per heavy atom. The molecule has 0 aromatic carbocycles. The first-order valence-corrected chi connectivity index (χ1v) is 4.39. The highest BCUT2D eigenvalue weighted by Crippen LogP contribution is 2.28. The first-order chi connectivity index (χ1) is 6.61. The molecule has 0 amide bonds. The lowest BCUT2D eigenvalue weighted by Gasteiger charge is -2.02. The second-order valence-electron chi connectivity index (χ2n) is 3.49. The molecule has 0 radical (unpaired) electrons. The maximum atomic E-state index is 11.5. The van der Waals surface area contributed by atoms with Gasteiger partial charge in [-0.05, 0) is 5.92 Å². The van der Waals surface area contributed by atoms with E-state index in [9.17, 15) is 9.90 Å². The molecule has 0 spiro atoms. The first-order valence-electron chi connectivity index (χ1n) is 4.39. The van der Waals surface area contributed by atoms with E-state index in [1.165, 1.54) is 17.0 Å². The van der Waals surface area contributed by atoms with Gasteiger partial charge in [0.25, 0.3) is 5.56 Å². The molecular weight excluding hydrogens is 182 g/mol. The molecule has 0 aliphatic carbocycles. The van der Waals surface area contributed by atoms with Crippen LogP contribution in [-0.2, 0) is 0 Å². The van der Waals surface area contributed by atoms with E-state index in [1.807, 2.05) is 13.8 Å². The van der Waals surface area contributed by atoms with Crippen LogP contribution in [0.25, 0.3) is 5.52 Å². The Hall–Kier alpha value is -1.78. The lowest BCUT2D eigenvalue weighted by molar-refractivity contribution is 0.466. The number of aromatic hydroxyl groups is 1. The number of nitrogens with one attached hydrogen (secondary N) is 1. The SMILES string of the molecule is CC(C)c1c(O)cn2nc[nH]c(=O)c12. The van der Waals surface area contributed by atoms with E-state index in [0.29, 0.717) is 11.1 Å². The lowest BCUT2D eigenvalue weighted by Crippen LogP contribution is -2.11. The standard InChI is InChI=1S/C9H11N3O2/c1-5(2)7-6(13)3-12-8(7)9(14)10-4-11-12/h3-5,13H,1-2H3,(H,10,11,14). The number of hydrogen-bond donors (Lipinski definition) is 2. The van der Waals surface area contributed by atoms with Gasteiger partial charge in [-0.25, -0.2) is 4.52 Å². The van der Waals surface area contributed by atoms with Crippen molar-refractivity contribution in [2.75, 3.05) is 0 Å². The molecule has 2 heterocycles. The highest BCUT2D eigenvalue weighted by Gasteiger charge is 2.16. The number of aromatic nitrogens is 3. The fraction of sp³-hybridized carbons (Fsp3) is 0.333. The zero-order valence-electron chi connectivity index (χ0n) is 7.98. The van der Waals surface area contributed by atoms with E-state index in [1.54, 1.807) is 0 Å². The molecule has 2 rings (SSSR count). The molecule has 74 valence electrons. The average Bonchev–Trinajstić information content (AvgIpc) is 2.42. The molecule has 0 saturated heterocycles. The lowest BCUT2D eigenvalue weighted by atomic mass is 10.0. The molecule has 5 heteroatoms. The Kier molecular flexibility index (Phi) is 1.80. The van der Waals surface area contributed by atoms with Crippen LogP contribution < -0.4 is 5.56 Å². The van der Waals surface area contributed by atoms with Crippen molar-refractivity contribution in [1.29, 1.82) is 0 Å². The highest BCUT2D eigenvalue weighted by atomic mass is 16.3. The van der Waals surface area contributed by atoms with Gasteiger partial charge in [0.2, 0.25) is 0 Å². The van der Waals surface area contributed by atoms with Crippen molar-refractivity contribution < 1.29 is 5.11 Å². The molecule has 0 fully saturated rings. The number of rotatable bonds is 1. The van der Waals surface area contributed by atoms with Crippen LogP contribution in [-0.4, -0.2) is 19.7 Å². The summed E-state index contributed by atoms with van der Waals surface area (Å²) in [6.07, 6.45) is 2.75. The quantitative estimate of drug-likeness (QED) is 0.705. The summed E-state index contributed by atoms with van der Waals surface area (Å²) in [5.74, 6) is 0.203. The number of hydrogen-bond acceptors (Lipinski definition) is 3. The summed E-state index contributed by atoms with van der Waals surface area (Å²) in [5, 5.41) is 13.5. The van der Waals surface area contributed by atoms with Gasteiger partial charge in [-0.3, -0.25) is 4.79 Å². The van der Waals surface area contributed by atoms with Gasteiger partial charge in [0.1, 0.15) is 17.6 Å². The van der Waals surface area contributed by atoms with E-state index in [0.717, 1.165) is 0 Å². The fourth-order valence-corrected chi connectivity index (χ4v) is 1.60. The van der Waals surface area contributed by atoms with Crippen LogP contribution in [0.4, 0.5) is 0 Å². The zero-order valence-corrected chi connectivity index (χ0v) is 7.98. The van der Waals surface area contributed by atoms with Gasteiger partial charge in [-0.1, -0.05) is 13.8 Å². The molecule has 0 aliphatic heterocycles. The van der Waals surface area contributed by atoms with Crippen molar-refractivity contribution in [3.63, 3.8) is 0 Å². The monoisotopic (exact) mass is 193 g/mol. The van der Waals surface area contributed by atoms with E-state index >= 15 is 0 Å². The van der Waals surface area contributed by atoms with Gasteiger partial charge in [-0.2, -0.15) is 5.10 Å². The molecule has 5 nitrogen and oxygen atoms in total. The normalized spacial score (nSPS) is 11.4. The Bertz CT molecular complexity index is 524. The topological polar surface area (TPSA) is 70.4 Å². The summed E-state index contributed by atoms with van der Waals surface area (Å²) in [6, 6.07) is 0. The third-order valence-corrected chi connectivity index (χ3v) is 2.17.